The van der Waals surface area contributed by atoms with Gasteiger partial charge in [0.2, 0.25) is 11.8 Å². The van der Waals surface area contributed by atoms with Crippen LogP contribution in [-0.4, -0.2) is 40.0 Å². The summed E-state index contributed by atoms with van der Waals surface area (Å²) in [5.41, 5.74) is 1.02. The van der Waals surface area contributed by atoms with E-state index >= 15 is 0 Å². The van der Waals surface area contributed by atoms with Crippen LogP contribution in [0, 0.1) is 5.92 Å². The monoisotopic (exact) mass is 318 g/mol. The van der Waals surface area contributed by atoms with Crippen molar-refractivity contribution in [1.82, 2.24) is 10.2 Å². The van der Waals surface area contributed by atoms with E-state index in [0.717, 1.165) is 18.4 Å². The second-order valence-electron chi connectivity index (χ2n) is 6.55. The molecule has 2 amide bonds. The van der Waals surface area contributed by atoms with Crippen molar-refractivity contribution in [3.8, 4) is 0 Å². The second-order valence-corrected chi connectivity index (χ2v) is 6.55. The van der Waals surface area contributed by atoms with Crippen LogP contribution in [-0.2, 0) is 16.1 Å². The lowest BCUT2D eigenvalue weighted by molar-refractivity contribution is -0.141. The van der Waals surface area contributed by atoms with E-state index in [9.17, 15) is 14.7 Å². The van der Waals surface area contributed by atoms with E-state index < -0.39 is 12.1 Å². The van der Waals surface area contributed by atoms with Crippen molar-refractivity contribution in [2.45, 2.75) is 58.3 Å². The summed E-state index contributed by atoms with van der Waals surface area (Å²) >= 11 is 0. The van der Waals surface area contributed by atoms with Crippen LogP contribution < -0.4 is 5.32 Å². The predicted octanol–water partition coefficient (Wildman–Crippen LogP) is 1.70. The van der Waals surface area contributed by atoms with Crippen LogP contribution >= 0.6 is 0 Å². The fraction of sp³-hybridized carbons (Fsp3) is 0.556. The van der Waals surface area contributed by atoms with Crippen molar-refractivity contribution >= 4 is 11.8 Å². The maximum atomic E-state index is 12.9. The molecule has 126 valence electrons. The van der Waals surface area contributed by atoms with Crippen LogP contribution in [0.2, 0.25) is 0 Å². The van der Waals surface area contributed by atoms with Crippen LogP contribution in [0.1, 0.15) is 39.2 Å². The molecule has 2 atom stereocenters. The molecule has 5 heteroatoms. The topological polar surface area (TPSA) is 69.6 Å². The minimum atomic E-state index is -0.928. The molecule has 2 rings (SSSR count). The van der Waals surface area contributed by atoms with Gasteiger partial charge in [-0.05, 0) is 39.2 Å². The first-order valence-corrected chi connectivity index (χ1v) is 8.23. The Morgan fingerprint density at radius 3 is 2.30 bits per heavy atom. The summed E-state index contributed by atoms with van der Waals surface area (Å²) in [6.07, 6.45) is 0.803. The van der Waals surface area contributed by atoms with Gasteiger partial charge in [0.1, 0.15) is 6.04 Å². The lowest BCUT2D eigenvalue weighted by Gasteiger charge is -2.32. The van der Waals surface area contributed by atoms with Gasteiger partial charge >= 0.3 is 0 Å². The molecule has 0 radical (unpaired) electrons. The summed E-state index contributed by atoms with van der Waals surface area (Å²) in [6, 6.07) is 8.79. The van der Waals surface area contributed by atoms with Crippen molar-refractivity contribution < 1.29 is 14.7 Å². The van der Waals surface area contributed by atoms with Crippen molar-refractivity contribution in [1.29, 1.82) is 0 Å². The lowest BCUT2D eigenvalue weighted by Crippen LogP contribution is -2.55. The smallest absolute Gasteiger partial charge is 0.248 e. The summed E-state index contributed by atoms with van der Waals surface area (Å²) in [7, 11) is 0. The Morgan fingerprint density at radius 1 is 1.22 bits per heavy atom. The maximum absolute atomic E-state index is 12.9. The Hall–Kier alpha value is -1.88. The quantitative estimate of drug-likeness (QED) is 0.804. The third-order valence-electron chi connectivity index (χ3n) is 4.10. The van der Waals surface area contributed by atoms with Crippen molar-refractivity contribution in [2.75, 3.05) is 0 Å². The number of amides is 2. The highest BCUT2D eigenvalue weighted by Crippen LogP contribution is 2.29. The van der Waals surface area contributed by atoms with E-state index in [1.807, 2.05) is 44.2 Å². The molecule has 5 nitrogen and oxygen atoms in total. The number of nitrogens with zero attached hydrogens (tertiary/aromatic N) is 1. The minimum absolute atomic E-state index is 0.00525. The Kier molecular flexibility index (Phi) is 5.77. The van der Waals surface area contributed by atoms with Gasteiger partial charge in [-0.3, -0.25) is 9.59 Å². The Labute approximate surface area is 137 Å². The molecular formula is C18H26N2O3. The molecule has 1 aromatic carbocycles. The predicted molar refractivity (Wildman–Crippen MR) is 88.5 cm³/mol. The van der Waals surface area contributed by atoms with Gasteiger partial charge in [-0.15, -0.1) is 0 Å². The fourth-order valence-corrected chi connectivity index (χ4v) is 2.48. The van der Waals surface area contributed by atoms with Gasteiger partial charge in [-0.2, -0.15) is 0 Å². The van der Waals surface area contributed by atoms with Crippen LogP contribution in [0.25, 0.3) is 0 Å². The zero-order chi connectivity index (χ0) is 17.0. The fourth-order valence-electron chi connectivity index (χ4n) is 2.48. The van der Waals surface area contributed by atoms with E-state index in [4.69, 9.17) is 0 Å². The van der Waals surface area contributed by atoms with Gasteiger partial charge in [0, 0.05) is 18.5 Å². The molecule has 23 heavy (non-hydrogen) atoms. The number of aliphatic hydroxyl groups is 1. The first-order valence-electron chi connectivity index (χ1n) is 8.23. The van der Waals surface area contributed by atoms with Gasteiger partial charge < -0.3 is 15.3 Å². The third-order valence-corrected chi connectivity index (χ3v) is 4.10. The zero-order valence-corrected chi connectivity index (χ0v) is 14.0. The average molecular weight is 318 g/mol. The Bertz CT molecular complexity index is 538. The van der Waals surface area contributed by atoms with E-state index in [-0.39, 0.29) is 23.8 Å². The standard InChI is InChI=1S/C18H26N2O3/c1-12(2)20(11-14-7-5-4-6-8-14)18(23)16(13(3)21)19-17(22)15-9-10-15/h4-8,12-13,15-16,21H,9-11H2,1-3H3,(H,19,22). The van der Waals surface area contributed by atoms with E-state index in [0.29, 0.717) is 6.54 Å². The molecule has 0 saturated heterocycles. The first-order chi connectivity index (χ1) is 10.9. The molecule has 0 aliphatic heterocycles. The van der Waals surface area contributed by atoms with Crippen molar-refractivity contribution in [3.05, 3.63) is 35.9 Å². The van der Waals surface area contributed by atoms with E-state index in [1.54, 1.807) is 4.90 Å². The van der Waals surface area contributed by atoms with Gasteiger partial charge in [-0.1, -0.05) is 30.3 Å². The summed E-state index contributed by atoms with van der Waals surface area (Å²) in [6.45, 7) is 5.86. The normalized spacial score (nSPS) is 16.7. The molecular weight excluding hydrogens is 292 g/mol. The number of hydrogen-bond donors (Lipinski definition) is 2. The lowest BCUT2D eigenvalue weighted by atomic mass is 10.1. The molecule has 1 aliphatic carbocycles. The van der Waals surface area contributed by atoms with Gasteiger partial charge in [0.15, 0.2) is 0 Å². The number of carbonyl (C=O) groups excluding carboxylic acids is 2. The number of aliphatic hydroxyl groups excluding tert-OH is 1. The molecule has 2 N–H and O–H groups in total. The molecule has 1 aromatic rings. The number of carbonyl (C=O) groups is 2. The average Bonchev–Trinajstić information content (AvgIpc) is 3.34. The second kappa shape index (κ2) is 7.59. The molecule has 1 fully saturated rings. The number of rotatable bonds is 7. The molecule has 0 heterocycles. The molecule has 0 spiro atoms. The number of nitrogens with one attached hydrogen (secondary N) is 1. The van der Waals surface area contributed by atoms with Crippen LogP contribution in [0.3, 0.4) is 0 Å². The largest absolute Gasteiger partial charge is 0.391 e. The highest BCUT2D eigenvalue weighted by atomic mass is 16.3. The molecule has 1 aliphatic rings. The summed E-state index contributed by atoms with van der Waals surface area (Å²) in [4.78, 5) is 26.5. The van der Waals surface area contributed by atoms with Gasteiger partial charge in [0.05, 0.1) is 6.10 Å². The third kappa shape index (κ3) is 4.79. The van der Waals surface area contributed by atoms with Gasteiger partial charge in [-0.25, -0.2) is 0 Å². The highest BCUT2D eigenvalue weighted by molar-refractivity contribution is 5.90. The van der Waals surface area contributed by atoms with Crippen LogP contribution in [0.5, 0.6) is 0 Å². The highest BCUT2D eigenvalue weighted by Gasteiger charge is 2.36. The first kappa shape index (κ1) is 17.5. The van der Waals surface area contributed by atoms with Crippen molar-refractivity contribution in [2.24, 2.45) is 5.92 Å². The SMILES string of the molecule is CC(O)C(NC(=O)C1CC1)C(=O)N(Cc1ccccc1)C(C)C. The van der Waals surface area contributed by atoms with E-state index in [1.165, 1.54) is 6.92 Å². The van der Waals surface area contributed by atoms with Crippen LogP contribution in [0.4, 0.5) is 0 Å². The number of benzene rings is 1. The minimum Gasteiger partial charge on any atom is -0.391 e. The maximum Gasteiger partial charge on any atom is 0.248 e. The van der Waals surface area contributed by atoms with E-state index in [2.05, 4.69) is 5.32 Å². The Morgan fingerprint density at radius 2 is 1.83 bits per heavy atom. The van der Waals surface area contributed by atoms with Crippen LogP contribution in [0.15, 0.2) is 30.3 Å². The Balaban J connectivity index is 2.11. The molecule has 0 bridgehead atoms. The van der Waals surface area contributed by atoms with Crippen molar-refractivity contribution in [3.63, 3.8) is 0 Å². The zero-order valence-electron chi connectivity index (χ0n) is 14.0. The van der Waals surface area contributed by atoms with Gasteiger partial charge in [0.25, 0.3) is 0 Å². The molecule has 0 aromatic heterocycles. The summed E-state index contributed by atoms with van der Waals surface area (Å²) in [5.74, 6) is -0.369. The number of hydrogen-bond acceptors (Lipinski definition) is 3. The molecule has 2 unspecified atom stereocenters. The molecule has 1 saturated carbocycles. The summed E-state index contributed by atoms with van der Waals surface area (Å²) in [5, 5.41) is 12.7. The summed E-state index contributed by atoms with van der Waals surface area (Å²) < 4.78 is 0.